The van der Waals surface area contributed by atoms with Crippen molar-refractivity contribution in [2.24, 2.45) is 0 Å². The van der Waals surface area contributed by atoms with Crippen molar-refractivity contribution in [3.8, 4) is 0 Å². The molecule has 1 aromatic carbocycles. The van der Waals surface area contributed by atoms with E-state index in [4.69, 9.17) is 12.2 Å². The maximum atomic E-state index is 4.79. The number of thiocarbonyl (C=S) groups is 1. The van der Waals surface area contributed by atoms with E-state index in [2.05, 4.69) is 23.2 Å². The van der Waals surface area contributed by atoms with Crippen LogP contribution in [0, 0.1) is 0 Å². The van der Waals surface area contributed by atoms with E-state index in [1.54, 1.807) is 0 Å². The highest BCUT2D eigenvalue weighted by atomic mass is 35.5. The van der Waals surface area contributed by atoms with Gasteiger partial charge < -0.3 is 23.5 Å². The molecule has 0 aliphatic rings. The van der Waals surface area contributed by atoms with Gasteiger partial charge in [-0.25, -0.2) is 0 Å². The van der Waals surface area contributed by atoms with E-state index >= 15 is 0 Å². The molecule has 0 aliphatic heterocycles. The topological polar surface area (TPSA) is 39.7 Å². The standard InChI is InChI=1S/C9H12N2S.ClH/c10-9(12)11-7-6-8-4-2-1-3-5-8;/h1-5H,6-7H2,(H3,10,11,12);1H. The van der Waals surface area contributed by atoms with Crippen LogP contribution in [0.15, 0.2) is 30.3 Å². The Bertz CT molecular complexity index is 251. The highest BCUT2D eigenvalue weighted by Crippen LogP contribution is 1.97. The van der Waals surface area contributed by atoms with Gasteiger partial charge >= 0.3 is 0 Å². The van der Waals surface area contributed by atoms with Gasteiger partial charge in [0.15, 0.2) is 0 Å². The maximum Gasteiger partial charge on any atom is 0.264 e. The molecule has 4 heteroatoms. The number of hydrogen-bond acceptors (Lipinski definition) is 1. The monoisotopic (exact) mass is 216 g/mol. The van der Waals surface area contributed by atoms with Crippen molar-refractivity contribution in [3.63, 3.8) is 0 Å². The quantitative estimate of drug-likeness (QED) is 0.542. The van der Waals surface area contributed by atoms with Crippen molar-refractivity contribution >= 4 is 17.3 Å². The number of hydrogen-bond donors (Lipinski definition) is 2. The molecule has 0 saturated carbocycles. The molecule has 0 atom stereocenters. The van der Waals surface area contributed by atoms with Crippen LogP contribution < -0.4 is 23.5 Å². The Morgan fingerprint density at radius 1 is 1.31 bits per heavy atom. The molecule has 0 aromatic heterocycles. The molecule has 72 valence electrons. The van der Waals surface area contributed by atoms with Gasteiger partial charge in [0, 0.05) is 18.8 Å². The number of halogens is 1. The van der Waals surface area contributed by atoms with E-state index in [9.17, 15) is 0 Å². The SMILES string of the molecule is [Cl-].[NH3+]C(=S)NCCc1ccccc1. The molecule has 13 heavy (non-hydrogen) atoms. The number of nitrogens with one attached hydrogen (secondary N) is 1. The summed E-state index contributed by atoms with van der Waals surface area (Å²) in [7, 11) is 0. The Balaban J connectivity index is 0.00000144. The third kappa shape index (κ3) is 5.58. The smallest absolute Gasteiger partial charge is 0.264 e. The lowest BCUT2D eigenvalue weighted by molar-refractivity contribution is -0.215. The molecule has 1 rings (SSSR count). The lowest BCUT2D eigenvalue weighted by Crippen LogP contribution is -3.00. The second-order valence-corrected chi connectivity index (χ2v) is 3.08. The summed E-state index contributed by atoms with van der Waals surface area (Å²) in [5.74, 6) is 0. The molecule has 0 heterocycles. The predicted octanol–water partition coefficient (Wildman–Crippen LogP) is -2.65. The van der Waals surface area contributed by atoms with Gasteiger partial charge in [0.1, 0.15) is 0 Å². The molecule has 0 saturated heterocycles. The summed E-state index contributed by atoms with van der Waals surface area (Å²) < 4.78 is 0. The average Bonchev–Trinajstić information content (AvgIpc) is 2.05. The Kier molecular flexibility index (Phi) is 6.49. The first kappa shape index (κ1) is 12.4. The summed E-state index contributed by atoms with van der Waals surface area (Å²) in [5.41, 5.74) is 4.91. The van der Waals surface area contributed by atoms with E-state index in [0.717, 1.165) is 13.0 Å². The molecule has 0 bridgehead atoms. The molecule has 0 spiro atoms. The summed E-state index contributed by atoms with van der Waals surface area (Å²) in [5, 5.41) is 3.63. The second-order valence-electron chi connectivity index (χ2n) is 2.59. The third-order valence-corrected chi connectivity index (χ3v) is 1.72. The first-order valence-corrected chi connectivity index (χ1v) is 4.33. The van der Waals surface area contributed by atoms with Crippen LogP contribution >= 0.6 is 12.2 Å². The van der Waals surface area contributed by atoms with E-state index in [1.165, 1.54) is 5.56 Å². The molecule has 0 fully saturated rings. The molecule has 0 unspecified atom stereocenters. The zero-order valence-corrected chi connectivity index (χ0v) is 8.87. The summed E-state index contributed by atoms with van der Waals surface area (Å²) in [6.45, 7) is 0.867. The van der Waals surface area contributed by atoms with Gasteiger partial charge in [0.2, 0.25) is 0 Å². The van der Waals surface area contributed by atoms with E-state index in [-0.39, 0.29) is 12.4 Å². The largest absolute Gasteiger partial charge is 1.00 e. The predicted molar refractivity (Wildman–Crippen MR) is 53.6 cm³/mol. The van der Waals surface area contributed by atoms with E-state index in [0.29, 0.717) is 5.11 Å². The zero-order chi connectivity index (χ0) is 8.81. The molecule has 2 nitrogen and oxygen atoms in total. The van der Waals surface area contributed by atoms with Crippen LogP contribution in [0.3, 0.4) is 0 Å². The second kappa shape index (κ2) is 6.83. The molecular weight excluding hydrogens is 204 g/mol. The van der Waals surface area contributed by atoms with Gasteiger partial charge in [-0.2, -0.15) is 0 Å². The third-order valence-electron chi connectivity index (χ3n) is 1.58. The van der Waals surface area contributed by atoms with Crippen LogP contribution in [0.2, 0.25) is 0 Å². The fraction of sp³-hybridized carbons (Fsp3) is 0.222. The van der Waals surface area contributed by atoms with Crippen LogP contribution in [0.25, 0.3) is 0 Å². The summed E-state index contributed by atoms with van der Waals surface area (Å²) >= 11 is 4.79. The Hall–Kier alpha value is -0.640. The van der Waals surface area contributed by atoms with Crippen molar-refractivity contribution < 1.29 is 18.1 Å². The van der Waals surface area contributed by atoms with E-state index in [1.807, 2.05) is 18.2 Å². The van der Waals surface area contributed by atoms with Crippen molar-refractivity contribution in [1.29, 1.82) is 0 Å². The number of benzene rings is 1. The highest BCUT2D eigenvalue weighted by Gasteiger charge is 1.92. The van der Waals surface area contributed by atoms with Crippen LogP contribution in [0.1, 0.15) is 5.56 Å². The molecule has 0 aliphatic carbocycles. The van der Waals surface area contributed by atoms with Crippen LogP contribution in [-0.2, 0) is 6.42 Å². The van der Waals surface area contributed by atoms with Crippen molar-refractivity contribution in [2.45, 2.75) is 6.42 Å². The fourth-order valence-electron chi connectivity index (χ4n) is 0.991. The maximum absolute atomic E-state index is 4.79. The summed E-state index contributed by atoms with van der Waals surface area (Å²) in [6.07, 6.45) is 0.997. The molecular formula is C9H13ClN2S. The highest BCUT2D eigenvalue weighted by molar-refractivity contribution is 7.79. The number of quaternary nitrogens is 1. The minimum atomic E-state index is 0. The minimum Gasteiger partial charge on any atom is -1.00 e. The minimum absolute atomic E-state index is 0. The van der Waals surface area contributed by atoms with Gasteiger partial charge in [-0.05, 0) is 12.0 Å². The Labute approximate surface area is 89.9 Å². The zero-order valence-electron chi connectivity index (χ0n) is 7.29. The fourth-order valence-corrected chi connectivity index (χ4v) is 1.09. The van der Waals surface area contributed by atoms with Crippen molar-refractivity contribution in [2.75, 3.05) is 6.54 Å². The van der Waals surface area contributed by atoms with Gasteiger partial charge in [-0.3, -0.25) is 0 Å². The molecule has 0 amide bonds. The molecule has 0 radical (unpaired) electrons. The molecule has 4 N–H and O–H groups in total. The number of rotatable bonds is 3. The van der Waals surface area contributed by atoms with Gasteiger partial charge in [-0.1, -0.05) is 30.3 Å². The van der Waals surface area contributed by atoms with E-state index < -0.39 is 0 Å². The van der Waals surface area contributed by atoms with Crippen LogP contribution in [0.5, 0.6) is 0 Å². The lowest BCUT2D eigenvalue weighted by Gasteiger charge is -2.00. The summed E-state index contributed by atoms with van der Waals surface area (Å²) in [6, 6.07) is 10.3. The average molecular weight is 217 g/mol. The Morgan fingerprint density at radius 2 is 1.92 bits per heavy atom. The normalized spacial score (nSPS) is 8.69. The first-order chi connectivity index (χ1) is 5.79. The van der Waals surface area contributed by atoms with Crippen molar-refractivity contribution in [3.05, 3.63) is 35.9 Å². The van der Waals surface area contributed by atoms with Gasteiger partial charge in [0.25, 0.3) is 5.11 Å². The molecule has 1 aromatic rings. The van der Waals surface area contributed by atoms with Crippen LogP contribution in [0.4, 0.5) is 0 Å². The van der Waals surface area contributed by atoms with Gasteiger partial charge in [-0.15, -0.1) is 0 Å². The van der Waals surface area contributed by atoms with Crippen molar-refractivity contribution in [1.82, 2.24) is 5.32 Å². The Morgan fingerprint density at radius 3 is 2.46 bits per heavy atom. The van der Waals surface area contributed by atoms with Crippen LogP contribution in [-0.4, -0.2) is 11.7 Å². The van der Waals surface area contributed by atoms with Gasteiger partial charge in [0.05, 0.1) is 0 Å². The summed E-state index contributed by atoms with van der Waals surface area (Å²) in [4.78, 5) is 0. The first-order valence-electron chi connectivity index (χ1n) is 3.93. The lowest BCUT2D eigenvalue weighted by atomic mass is 10.1.